The van der Waals surface area contributed by atoms with Crippen LogP contribution in [0.3, 0.4) is 0 Å². The van der Waals surface area contributed by atoms with Crippen molar-refractivity contribution in [2.75, 3.05) is 14.2 Å². The maximum Gasteiger partial charge on any atom is 0.324 e. The molecular weight excluding hydrogens is 164 g/mol. The molecule has 70 valence electrons. The number of hydrogen-bond donors (Lipinski definition) is 3. The van der Waals surface area contributed by atoms with Gasteiger partial charge < -0.3 is 9.84 Å². The van der Waals surface area contributed by atoms with Crippen LogP contribution in [0.1, 0.15) is 6.42 Å². The van der Waals surface area contributed by atoms with Crippen molar-refractivity contribution < 1.29 is 19.4 Å². The first-order valence-electron chi connectivity index (χ1n) is 3.33. The SMILES string of the molecule is CNN[C@@H](CC(=O)O)C(=O)OC. The summed E-state index contributed by atoms with van der Waals surface area (Å²) >= 11 is 0. The number of carbonyl (C=O) groups is 2. The van der Waals surface area contributed by atoms with Crippen LogP contribution in [0.4, 0.5) is 0 Å². The Balaban J connectivity index is 4.02. The Labute approximate surface area is 69.9 Å². The first-order valence-corrected chi connectivity index (χ1v) is 3.33. The molecule has 0 unspecified atom stereocenters. The van der Waals surface area contributed by atoms with Gasteiger partial charge in [-0.2, -0.15) is 0 Å². The molecule has 0 aliphatic heterocycles. The molecule has 0 amide bonds. The van der Waals surface area contributed by atoms with E-state index in [0.29, 0.717) is 0 Å². The summed E-state index contributed by atoms with van der Waals surface area (Å²) in [5.41, 5.74) is 4.93. The lowest BCUT2D eigenvalue weighted by atomic mass is 10.2. The van der Waals surface area contributed by atoms with Gasteiger partial charge >= 0.3 is 11.9 Å². The van der Waals surface area contributed by atoms with Crippen molar-refractivity contribution in [3.8, 4) is 0 Å². The third kappa shape index (κ3) is 3.89. The highest BCUT2D eigenvalue weighted by atomic mass is 16.5. The summed E-state index contributed by atoms with van der Waals surface area (Å²) in [5, 5.41) is 8.38. The number of hydrogen-bond acceptors (Lipinski definition) is 5. The Morgan fingerprint density at radius 2 is 2.17 bits per heavy atom. The summed E-state index contributed by atoms with van der Waals surface area (Å²) in [6, 6.07) is -0.850. The predicted octanol–water partition coefficient (Wildman–Crippen LogP) is -1.27. The number of carbonyl (C=O) groups excluding carboxylic acids is 1. The molecule has 0 bridgehead atoms. The van der Waals surface area contributed by atoms with E-state index in [1.54, 1.807) is 0 Å². The fraction of sp³-hybridized carbons (Fsp3) is 0.667. The molecule has 6 nitrogen and oxygen atoms in total. The van der Waals surface area contributed by atoms with Crippen LogP contribution >= 0.6 is 0 Å². The number of carboxylic acids is 1. The Hall–Kier alpha value is -1.14. The molecule has 0 aromatic heterocycles. The van der Waals surface area contributed by atoms with Gasteiger partial charge in [0.2, 0.25) is 0 Å². The Morgan fingerprint density at radius 1 is 1.58 bits per heavy atom. The fourth-order valence-electron chi connectivity index (χ4n) is 0.684. The van der Waals surface area contributed by atoms with Crippen LogP contribution in [0.5, 0.6) is 0 Å². The van der Waals surface area contributed by atoms with Crippen LogP contribution in [-0.4, -0.2) is 37.2 Å². The van der Waals surface area contributed by atoms with E-state index in [1.165, 1.54) is 14.2 Å². The number of hydrazine groups is 1. The van der Waals surface area contributed by atoms with Crippen LogP contribution < -0.4 is 10.9 Å². The van der Waals surface area contributed by atoms with Crippen LogP contribution in [0.25, 0.3) is 0 Å². The van der Waals surface area contributed by atoms with Crippen LogP contribution in [0.2, 0.25) is 0 Å². The number of nitrogens with one attached hydrogen (secondary N) is 2. The van der Waals surface area contributed by atoms with Crippen LogP contribution in [0.15, 0.2) is 0 Å². The lowest BCUT2D eigenvalue weighted by Gasteiger charge is -2.12. The van der Waals surface area contributed by atoms with Crippen molar-refractivity contribution in [3.63, 3.8) is 0 Å². The lowest BCUT2D eigenvalue weighted by molar-refractivity contribution is -0.148. The van der Waals surface area contributed by atoms with Crippen molar-refractivity contribution in [2.24, 2.45) is 0 Å². The Bertz CT molecular complexity index is 171. The van der Waals surface area contributed by atoms with Crippen molar-refractivity contribution in [3.05, 3.63) is 0 Å². The molecule has 0 radical (unpaired) electrons. The lowest BCUT2D eigenvalue weighted by Crippen LogP contribution is -2.45. The standard InChI is InChI=1S/C6H12N2O4/c1-7-8-4(3-5(9)10)6(11)12-2/h4,7-8H,3H2,1-2H3,(H,9,10)/t4-/m0/s1. The minimum atomic E-state index is -1.06. The minimum Gasteiger partial charge on any atom is -0.481 e. The molecule has 0 saturated carbocycles. The summed E-state index contributed by atoms with van der Waals surface area (Å²) in [6.45, 7) is 0. The molecule has 0 aliphatic rings. The van der Waals surface area contributed by atoms with Crippen LogP contribution in [0, 0.1) is 0 Å². The van der Waals surface area contributed by atoms with E-state index in [4.69, 9.17) is 5.11 Å². The van der Waals surface area contributed by atoms with E-state index in [9.17, 15) is 9.59 Å². The summed E-state index contributed by atoms with van der Waals surface area (Å²) in [7, 11) is 2.74. The van der Waals surface area contributed by atoms with Gasteiger partial charge in [-0.3, -0.25) is 15.0 Å². The molecule has 3 N–H and O–H groups in total. The minimum absolute atomic E-state index is 0.312. The monoisotopic (exact) mass is 176 g/mol. The second kappa shape index (κ2) is 5.50. The molecule has 0 aromatic carbocycles. The molecule has 12 heavy (non-hydrogen) atoms. The predicted molar refractivity (Wildman–Crippen MR) is 40.3 cm³/mol. The third-order valence-corrected chi connectivity index (χ3v) is 1.18. The average molecular weight is 176 g/mol. The van der Waals surface area contributed by atoms with E-state index in [1.807, 2.05) is 0 Å². The van der Waals surface area contributed by atoms with E-state index in [0.717, 1.165) is 0 Å². The van der Waals surface area contributed by atoms with Crippen molar-refractivity contribution >= 4 is 11.9 Å². The van der Waals surface area contributed by atoms with Gasteiger partial charge in [0, 0.05) is 0 Å². The molecule has 0 rings (SSSR count). The van der Waals surface area contributed by atoms with E-state index >= 15 is 0 Å². The van der Waals surface area contributed by atoms with Crippen molar-refractivity contribution in [1.29, 1.82) is 0 Å². The number of aliphatic carboxylic acids is 1. The van der Waals surface area contributed by atoms with Gasteiger partial charge in [0.05, 0.1) is 13.5 Å². The zero-order chi connectivity index (χ0) is 9.56. The highest BCUT2D eigenvalue weighted by Gasteiger charge is 2.20. The van der Waals surface area contributed by atoms with Crippen molar-refractivity contribution in [1.82, 2.24) is 10.9 Å². The normalized spacial score (nSPS) is 12.2. The summed E-state index contributed by atoms with van der Waals surface area (Å²) in [4.78, 5) is 21.1. The largest absolute Gasteiger partial charge is 0.481 e. The number of carboxylic acid groups (broad SMARTS) is 1. The van der Waals surface area contributed by atoms with E-state index < -0.39 is 18.0 Å². The molecule has 0 heterocycles. The van der Waals surface area contributed by atoms with Crippen LogP contribution in [-0.2, 0) is 14.3 Å². The molecule has 6 heteroatoms. The highest BCUT2D eigenvalue weighted by Crippen LogP contribution is 1.93. The van der Waals surface area contributed by atoms with Gasteiger partial charge in [0.1, 0.15) is 6.04 Å². The van der Waals surface area contributed by atoms with Gasteiger partial charge in [0.25, 0.3) is 0 Å². The molecule has 0 aromatic rings. The molecule has 0 aliphatic carbocycles. The van der Waals surface area contributed by atoms with Gasteiger partial charge in [-0.05, 0) is 7.05 Å². The third-order valence-electron chi connectivity index (χ3n) is 1.18. The van der Waals surface area contributed by atoms with Gasteiger partial charge in [-0.25, -0.2) is 5.43 Å². The maximum atomic E-state index is 10.8. The smallest absolute Gasteiger partial charge is 0.324 e. The zero-order valence-electron chi connectivity index (χ0n) is 6.96. The Morgan fingerprint density at radius 3 is 2.50 bits per heavy atom. The molecule has 1 atom stereocenters. The van der Waals surface area contributed by atoms with Gasteiger partial charge in [-0.1, -0.05) is 0 Å². The van der Waals surface area contributed by atoms with Crippen molar-refractivity contribution in [2.45, 2.75) is 12.5 Å². The second-order valence-electron chi connectivity index (χ2n) is 2.07. The zero-order valence-corrected chi connectivity index (χ0v) is 6.96. The second-order valence-corrected chi connectivity index (χ2v) is 2.07. The molecule has 0 spiro atoms. The highest BCUT2D eigenvalue weighted by molar-refractivity contribution is 5.81. The van der Waals surface area contributed by atoms with E-state index in [-0.39, 0.29) is 6.42 Å². The summed E-state index contributed by atoms with van der Waals surface area (Å²) in [5.74, 6) is -1.67. The van der Waals surface area contributed by atoms with Gasteiger partial charge in [-0.15, -0.1) is 0 Å². The molecule has 0 fully saturated rings. The molecular formula is C6H12N2O4. The number of esters is 1. The fourth-order valence-corrected chi connectivity index (χ4v) is 0.684. The first-order chi connectivity index (χ1) is 5.61. The average Bonchev–Trinajstić information content (AvgIpc) is 2.01. The quantitative estimate of drug-likeness (QED) is 0.357. The molecule has 0 saturated heterocycles. The Kier molecular flexibility index (Phi) is 4.98. The number of ether oxygens (including phenoxy) is 1. The van der Waals surface area contributed by atoms with Gasteiger partial charge in [0.15, 0.2) is 0 Å². The number of methoxy groups -OCH3 is 1. The summed E-state index contributed by atoms with van der Waals surface area (Å²) < 4.78 is 4.36. The first kappa shape index (κ1) is 10.9. The summed E-state index contributed by atoms with van der Waals surface area (Å²) in [6.07, 6.45) is -0.312. The number of rotatable bonds is 5. The van der Waals surface area contributed by atoms with E-state index in [2.05, 4.69) is 15.6 Å². The maximum absolute atomic E-state index is 10.8. The topological polar surface area (TPSA) is 87.7 Å².